The summed E-state index contributed by atoms with van der Waals surface area (Å²) in [6.45, 7) is 4.04. The van der Waals surface area contributed by atoms with Crippen molar-refractivity contribution in [3.8, 4) is 16.9 Å². The van der Waals surface area contributed by atoms with Crippen molar-refractivity contribution in [1.82, 2.24) is 14.3 Å². The van der Waals surface area contributed by atoms with Gasteiger partial charge >= 0.3 is 21.6 Å². The second-order valence-electron chi connectivity index (χ2n) is 9.24. The summed E-state index contributed by atoms with van der Waals surface area (Å²) < 4.78 is 68.2. The van der Waals surface area contributed by atoms with E-state index in [0.717, 1.165) is 46.4 Å². The fraction of sp³-hybridized carbons (Fsp3) is 0.250. The zero-order chi connectivity index (χ0) is 29.8. The number of unbranched alkanes of at least 4 members (excludes halogenated alkanes) is 1. The average Bonchev–Trinajstić information content (AvgIpc) is 3.23. The van der Waals surface area contributed by atoms with Crippen LogP contribution in [0.2, 0.25) is 0 Å². The van der Waals surface area contributed by atoms with Gasteiger partial charge < -0.3 is 14.6 Å². The monoisotopic (exact) mass is 588 g/mol. The molecular weight excluding hydrogens is 561 g/mol. The lowest BCUT2D eigenvalue weighted by Gasteiger charge is -2.13. The van der Waals surface area contributed by atoms with E-state index < -0.39 is 21.6 Å². The maximum absolute atomic E-state index is 12.6. The highest BCUT2D eigenvalue weighted by molar-refractivity contribution is 7.90. The number of nitrogens with zero attached hydrogens (tertiary/aromatic N) is 2. The summed E-state index contributed by atoms with van der Waals surface area (Å²) in [5.74, 6) is 0.617. The molecule has 0 radical (unpaired) electrons. The molecule has 0 atom stereocenters. The van der Waals surface area contributed by atoms with Gasteiger partial charge in [0.2, 0.25) is 5.91 Å². The number of rotatable bonds is 9. The van der Waals surface area contributed by atoms with E-state index in [4.69, 9.17) is 9.72 Å². The van der Waals surface area contributed by atoms with Crippen molar-refractivity contribution in [3.05, 3.63) is 78.1 Å². The van der Waals surface area contributed by atoms with Crippen molar-refractivity contribution >= 4 is 38.7 Å². The summed E-state index contributed by atoms with van der Waals surface area (Å²) >= 11 is 0. The second kappa shape index (κ2) is 12.0. The number of ether oxygens (including phenoxy) is 1. The highest BCUT2D eigenvalue weighted by Gasteiger charge is 2.47. The number of aromatic nitrogens is 2. The van der Waals surface area contributed by atoms with Crippen molar-refractivity contribution in [2.45, 2.75) is 45.2 Å². The number of sulfonamides is 1. The zero-order valence-corrected chi connectivity index (χ0v) is 23.0. The largest absolute Gasteiger partial charge is 0.516 e. The molecule has 0 bridgehead atoms. The van der Waals surface area contributed by atoms with Gasteiger partial charge in [-0.25, -0.2) is 14.5 Å². The van der Waals surface area contributed by atoms with Crippen molar-refractivity contribution < 1.29 is 35.9 Å². The van der Waals surface area contributed by atoms with Crippen molar-refractivity contribution in [2.75, 3.05) is 5.32 Å². The summed E-state index contributed by atoms with van der Waals surface area (Å²) in [7, 11) is -5.91. The number of nitrogens with one attached hydrogen (secondary N) is 2. The molecule has 0 spiro atoms. The predicted molar refractivity (Wildman–Crippen MR) is 148 cm³/mol. The maximum atomic E-state index is 12.6. The second-order valence-corrected chi connectivity index (χ2v) is 10.9. The Morgan fingerprint density at radius 3 is 2.39 bits per heavy atom. The Bertz CT molecular complexity index is 1680. The molecule has 0 saturated heterocycles. The number of aryl methyl sites for hydroxylation is 1. The Hall–Kier alpha value is -4.39. The van der Waals surface area contributed by atoms with Crippen LogP contribution in [0.1, 0.15) is 38.1 Å². The van der Waals surface area contributed by atoms with Crippen LogP contribution in [0, 0.1) is 0 Å². The molecule has 41 heavy (non-hydrogen) atoms. The molecule has 2 N–H and O–H groups in total. The first-order valence-corrected chi connectivity index (χ1v) is 14.1. The SMILES string of the molecule is CCCCc1nc2cc(NC(C)=O)ccc2n1Cc1ccc(-c2ccccc2OC(=O)NS(=O)(=O)C(F)(F)F)cc1. The van der Waals surface area contributed by atoms with Crippen LogP contribution in [-0.4, -0.2) is 35.5 Å². The number of alkyl halides is 3. The fourth-order valence-corrected chi connectivity index (χ4v) is 4.59. The third-order valence-electron chi connectivity index (χ3n) is 6.12. The topological polar surface area (TPSA) is 119 Å². The first-order valence-electron chi connectivity index (χ1n) is 12.6. The highest BCUT2D eigenvalue weighted by Crippen LogP contribution is 2.31. The van der Waals surface area contributed by atoms with Crippen LogP contribution < -0.4 is 14.8 Å². The number of carbonyl (C=O) groups is 2. The third kappa shape index (κ3) is 7.04. The molecule has 13 heteroatoms. The molecule has 2 amide bonds. The molecule has 0 unspecified atom stereocenters. The molecule has 3 aromatic carbocycles. The molecule has 0 fully saturated rings. The summed E-state index contributed by atoms with van der Waals surface area (Å²) in [6, 6.07) is 18.9. The number of hydrogen-bond acceptors (Lipinski definition) is 6. The van der Waals surface area contributed by atoms with Gasteiger partial charge in [0.1, 0.15) is 11.6 Å². The smallest absolute Gasteiger partial charge is 0.409 e. The number of hydrogen-bond donors (Lipinski definition) is 2. The third-order valence-corrected chi connectivity index (χ3v) is 7.16. The summed E-state index contributed by atoms with van der Waals surface area (Å²) in [5, 5.41) is 2.77. The minimum absolute atomic E-state index is 0.118. The van der Waals surface area contributed by atoms with Crippen molar-refractivity contribution in [2.24, 2.45) is 0 Å². The number of benzene rings is 3. The van der Waals surface area contributed by atoms with E-state index in [2.05, 4.69) is 16.8 Å². The number of anilines is 1. The van der Waals surface area contributed by atoms with E-state index >= 15 is 0 Å². The fourth-order valence-electron chi connectivity index (χ4n) is 4.22. The van der Waals surface area contributed by atoms with Gasteiger partial charge in [0.05, 0.1) is 11.0 Å². The minimum atomic E-state index is -5.91. The van der Waals surface area contributed by atoms with E-state index in [0.29, 0.717) is 23.4 Å². The van der Waals surface area contributed by atoms with Crippen molar-refractivity contribution in [3.63, 3.8) is 0 Å². The molecule has 4 aromatic rings. The Balaban J connectivity index is 1.58. The number of para-hydroxylation sites is 1. The van der Waals surface area contributed by atoms with Crippen molar-refractivity contribution in [1.29, 1.82) is 0 Å². The zero-order valence-electron chi connectivity index (χ0n) is 22.2. The van der Waals surface area contributed by atoms with Gasteiger partial charge in [0.25, 0.3) is 0 Å². The number of fused-ring (bicyclic) bond motifs is 1. The quantitative estimate of drug-likeness (QED) is 0.248. The van der Waals surface area contributed by atoms with Gasteiger partial charge in [-0.3, -0.25) is 4.79 Å². The normalized spacial score (nSPS) is 11.8. The lowest BCUT2D eigenvalue weighted by Crippen LogP contribution is -2.41. The number of halogens is 3. The predicted octanol–water partition coefficient (Wildman–Crippen LogP) is 5.99. The molecule has 9 nitrogen and oxygen atoms in total. The van der Waals surface area contributed by atoms with E-state index in [9.17, 15) is 31.2 Å². The Labute approximate surface area is 234 Å². The standard InChI is InChI=1S/C28H27F3N4O5S/c1-3-4-9-26-33-23-16-21(32-18(2)36)14-15-24(23)35(26)17-19-10-12-20(13-11-19)22-7-5-6-8-25(22)40-27(37)34-41(38,39)28(29,30)31/h5-8,10-16H,3-4,9,17H2,1-2H3,(H,32,36)(H,34,37). The molecule has 1 aromatic heterocycles. The van der Waals surface area contributed by atoms with Crippen LogP contribution in [-0.2, 0) is 27.8 Å². The summed E-state index contributed by atoms with van der Waals surface area (Å²) in [4.78, 5) is 28.2. The van der Waals surface area contributed by atoms with Gasteiger partial charge in [-0.1, -0.05) is 55.8 Å². The van der Waals surface area contributed by atoms with Crippen LogP contribution in [0.25, 0.3) is 22.2 Å². The number of amides is 2. The molecular formula is C28H27F3N4O5S. The maximum Gasteiger partial charge on any atom is 0.516 e. The highest BCUT2D eigenvalue weighted by atomic mass is 32.2. The Kier molecular flexibility index (Phi) is 8.66. The van der Waals surface area contributed by atoms with Gasteiger partial charge in [-0.15, -0.1) is 0 Å². The van der Waals surface area contributed by atoms with Gasteiger partial charge in [0.15, 0.2) is 0 Å². The summed E-state index contributed by atoms with van der Waals surface area (Å²) in [5.41, 5.74) is -1.43. The first-order chi connectivity index (χ1) is 19.4. The number of imidazole rings is 1. The first kappa shape index (κ1) is 29.6. The van der Waals surface area contributed by atoms with Crippen LogP contribution >= 0.6 is 0 Å². The lowest BCUT2D eigenvalue weighted by atomic mass is 10.0. The van der Waals surface area contributed by atoms with E-state index in [-0.39, 0.29) is 11.7 Å². The lowest BCUT2D eigenvalue weighted by molar-refractivity contribution is -0.114. The van der Waals surface area contributed by atoms with Crippen LogP contribution in [0.3, 0.4) is 0 Å². The van der Waals surface area contributed by atoms with E-state index in [1.54, 1.807) is 24.3 Å². The van der Waals surface area contributed by atoms with E-state index in [1.807, 2.05) is 30.3 Å². The van der Waals surface area contributed by atoms with Crippen LogP contribution in [0.4, 0.5) is 23.7 Å². The summed E-state index contributed by atoms with van der Waals surface area (Å²) in [6.07, 6.45) is 0.946. The van der Waals surface area contributed by atoms with Gasteiger partial charge in [0, 0.05) is 31.1 Å². The molecule has 1 heterocycles. The van der Waals surface area contributed by atoms with Gasteiger partial charge in [-0.2, -0.15) is 21.6 Å². The van der Waals surface area contributed by atoms with Gasteiger partial charge in [-0.05, 0) is 41.8 Å². The Morgan fingerprint density at radius 1 is 1.02 bits per heavy atom. The molecule has 216 valence electrons. The van der Waals surface area contributed by atoms with Crippen LogP contribution in [0.5, 0.6) is 5.75 Å². The molecule has 0 aliphatic heterocycles. The molecule has 0 aliphatic carbocycles. The van der Waals surface area contributed by atoms with E-state index in [1.165, 1.54) is 19.1 Å². The van der Waals surface area contributed by atoms with Crippen LogP contribution in [0.15, 0.2) is 66.7 Å². The molecule has 0 saturated carbocycles. The Morgan fingerprint density at radius 2 is 1.73 bits per heavy atom. The molecule has 0 aliphatic rings. The molecule has 4 rings (SSSR count). The number of carbonyl (C=O) groups excluding carboxylic acids is 2. The average molecular weight is 589 g/mol. The minimum Gasteiger partial charge on any atom is -0.409 e.